The molecule has 0 saturated heterocycles. The lowest BCUT2D eigenvalue weighted by Crippen LogP contribution is -2.44. The van der Waals surface area contributed by atoms with Crippen molar-refractivity contribution in [1.82, 2.24) is 4.72 Å². The molecule has 0 saturated carbocycles. The van der Waals surface area contributed by atoms with E-state index in [0.29, 0.717) is 0 Å². The third kappa shape index (κ3) is 3.85. The van der Waals surface area contributed by atoms with E-state index in [9.17, 15) is 13.2 Å². The van der Waals surface area contributed by atoms with Crippen molar-refractivity contribution in [1.29, 1.82) is 0 Å². The van der Waals surface area contributed by atoms with E-state index >= 15 is 0 Å². The molecule has 1 rings (SSSR count). The maximum absolute atomic E-state index is 12.3. The van der Waals surface area contributed by atoms with Crippen LogP contribution in [-0.2, 0) is 19.6 Å². The zero-order valence-corrected chi connectivity index (χ0v) is 13.5. The Morgan fingerprint density at radius 3 is 2.40 bits per heavy atom. The maximum Gasteiger partial charge on any atom is 0.324 e. The highest BCUT2D eigenvalue weighted by molar-refractivity contribution is 7.89. The molecule has 1 N–H and O–H groups in total. The van der Waals surface area contributed by atoms with E-state index in [1.807, 2.05) is 0 Å². The van der Waals surface area contributed by atoms with E-state index in [1.54, 1.807) is 13.8 Å². The van der Waals surface area contributed by atoms with Gasteiger partial charge in [-0.3, -0.25) is 4.79 Å². The van der Waals surface area contributed by atoms with Gasteiger partial charge in [0.2, 0.25) is 10.0 Å². The fourth-order valence-corrected chi connectivity index (χ4v) is 3.60. The van der Waals surface area contributed by atoms with Gasteiger partial charge in [-0.15, -0.1) is 0 Å². The van der Waals surface area contributed by atoms with Gasteiger partial charge in [0.15, 0.2) is 0 Å². The Morgan fingerprint density at radius 1 is 1.30 bits per heavy atom. The van der Waals surface area contributed by atoms with Crippen LogP contribution in [0.1, 0.15) is 13.8 Å². The van der Waals surface area contributed by atoms with Crippen LogP contribution in [0.3, 0.4) is 0 Å². The lowest BCUT2D eigenvalue weighted by atomic mass is 10.1. The fourth-order valence-electron chi connectivity index (χ4n) is 1.51. The molecule has 0 amide bonds. The lowest BCUT2D eigenvalue weighted by Gasteiger charge is -2.20. The van der Waals surface area contributed by atoms with Gasteiger partial charge in [0.05, 0.1) is 17.2 Å². The first-order valence-electron chi connectivity index (χ1n) is 5.75. The van der Waals surface area contributed by atoms with Crippen LogP contribution in [0.4, 0.5) is 0 Å². The summed E-state index contributed by atoms with van der Waals surface area (Å²) in [4.78, 5) is 11.4. The third-order valence-electron chi connectivity index (χ3n) is 2.61. The Hall–Kier alpha value is -0.820. The number of ether oxygens (including phenoxy) is 1. The van der Waals surface area contributed by atoms with E-state index < -0.39 is 22.0 Å². The number of halogens is 2. The molecule has 0 aliphatic rings. The standard InChI is InChI=1S/C12H15Cl2NO4S/c1-7(2)11(12(16)19-3)15-20(17,18)9-6-4-5-8(13)10(9)14/h4-7,11,15H,1-3H3. The Morgan fingerprint density at radius 2 is 1.90 bits per heavy atom. The Kier molecular flexibility index (Phi) is 5.82. The van der Waals surface area contributed by atoms with Gasteiger partial charge in [-0.1, -0.05) is 43.1 Å². The summed E-state index contributed by atoms with van der Waals surface area (Å²) in [7, 11) is -2.79. The zero-order valence-electron chi connectivity index (χ0n) is 11.2. The second-order valence-electron chi connectivity index (χ2n) is 4.42. The first-order chi connectivity index (χ1) is 9.20. The highest BCUT2D eigenvalue weighted by Crippen LogP contribution is 2.29. The van der Waals surface area contributed by atoms with Crippen molar-refractivity contribution in [3.8, 4) is 0 Å². The fraction of sp³-hybridized carbons (Fsp3) is 0.417. The minimum Gasteiger partial charge on any atom is -0.468 e. The second kappa shape index (κ2) is 6.76. The van der Waals surface area contributed by atoms with Crippen molar-refractivity contribution in [3.63, 3.8) is 0 Å². The molecule has 20 heavy (non-hydrogen) atoms. The molecule has 0 bridgehead atoms. The normalized spacial score (nSPS) is 13.3. The molecule has 0 radical (unpaired) electrons. The van der Waals surface area contributed by atoms with Crippen LogP contribution in [0.15, 0.2) is 23.1 Å². The van der Waals surface area contributed by atoms with Crippen LogP contribution < -0.4 is 4.72 Å². The first kappa shape index (κ1) is 17.2. The summed E-state index contributed by atoms with van der Waals surface area (Å²) < 4.78 is 31.4. The zero-order chi connectivity index (χ0) is 15.5. The summed E-state index contributed by atoms with van der Waals surface area (Å²) in [5, 5.41) is 0.0303. The molecule has 0 fully saturated rings. The molecular formula is C12H15Cl2NO4S. The number of hydrogen-bond acceptors (Lipinski definition) is 4. The van der Waals surface area contributed by atoms with Gasteiger partial charge < -0.3 is 4.74 Å². The van der Waals surface area contributed by atoms with Gasteiger partial charge in [-0.05, 0) is 18.1 Å². The van der Waals surface area contributed by atoms with E-state index in [4.69, 9.17) is 23.2 Å². The van der Waals surface area contributed by atoms with Crippen molar-refractivity contribution >= 4 is 39.2 Å². The monoisotopic (exact) mass is 339 g/mol. The topological polar surface area (TPSA) is 72.5 Å². The molecule has 1 unspecified atom stereocenters. The van der Waals surface area contributed by atoms with Crippen LogP contribution in [0.25, 0.3) is 0 Å². The van der Waals surface area contributed by atoms with Crippen molar-refractivity contribution < 1.29 is 17.9 Å². The van der Waals surface area contributed by atoms with Crippen molar-refractivity contribution in [2.45, 2.75) is 24.8 Å². The van der Waals surface area contributed by atoms with Gasteiger partial charge in [0.1, 0.15) is 10.9 Å². The molecule has 8 heteroatoms. The van der Waals surface area contributed by atoms with Gasteiger partial charge in [-0.25, -0.2) is 8.42 Å². The van der Waals surface area contributed by atoms with Crippen LogP contribution in [0.5, 0.6) is 0 Å². The summed E-state index contributed by atoms with van der Waals surface area (Å²) in [6.07, 6.45) is 0. The minimum absolute atomic E-state index is 0.0889. The highest BCUT2D eigenvalue weighted by atomic mass is 35.5. The minimum atomic E-state index is -3.98. The third-order valence-corrected chi connectivity index (χ3v) is 5.02. The molecule has 0 aromatic heterocycles. The van der Waals surface area contributed by atoms with Crippen molar-refractivity contribution in [2.75, 3.05) is 7.11 Å². The molecular weight excluding hydrogens is 325 g/mol. The largest absolute Gasteiger partial charge is 0.468 e. The molecule has 1 aromatic carbocycles. The summed E-state index contributed by atoms with van der Waals surface area (Å²) in [5.41, 5.74) is 0. The number of methoxy groups -OCH3 is 1. The summed E-state index contributed by atoms with van der Waals surface area (Å²) in [6, 6.07) is 3.25. The molecule has 0 aliphatic carbocycles. The average Bonchev–Trinajstić information content (AvgIpc) is 2.37. The molecule has 1 atom stereocenters. The molecule has 0 heterocycles. The van der Waals surface area contributed by atoms with E-state index in [2.05, 4.69) is 9.46 Å². The van der Waals surface area contributed by atoms with Gasteiger partial charge in [-0.2, -0.15) is 4.72 Å². The molecule has 0 aliphatic heterocycles. The number of nitrogens with one attached hydrogen (secondary N) is 1. The van der Waals surface area contributed by atoms with Gasteiger partial charge in [0.25, 0.3) is 0 Å². The van der Waals surface area contributed by atoms with Crippen LogP contribution >= 0.6 is 23.2 Å². The molecule has 1 aromatic rings. The van der Waals surface area contributed by atoms with E-state index in [1.165, 1.54) is 25.3 Å². The first-order valence-corrected chi connectivity index (χ1v) is 7.98. The second-order valence-corrected chi connectivity index (χ2v) is 6.89. The van der Waals surface area contributed by atoms with Crippen molar-refractivity contribution in [2.24, 2.45) is 5.92 Å². The summed E-state index contributed by atoms with van der Waals surface area (Å²) in [6.45, 7) is 3.40. The number of sulfonamides is 1. The molecule has 112 valence electrons. The van der Waals surface area contributed by atoms with Crippen molar-refractivity contribution in [3.05, 3.63) is 28.2 Å². The van der Waals surface area contributed by atoms with Crippen LogP contribution in [0.2, 0.25) is 10.0 Å². The summed E-state index contributed by atoms with van der Waals surface area (Å²) in [5.74, 6) is -0.947. The van der Waals surface area contributed by atoms with E-state index in [0.717, 1.165) is 0 Å². The Balaban J connectivity index is 3.17. The number of hydrogen-bond donors (Lipinski definition) is 1. The van der Waals surface area contributed by atoms with Crippen LogP contribution in [0, 0.1) is 5.92 Å². The smallest absolute Gasteiger partial charge is 0.324 e. The molecule has 0 spiro atoms. The Bertz CT molecular complexity index is 601. The lowest BCUT2D eigenvalue weighted by molar-refractivity contribution is -0.143. The van der Waals surface area contributed by atoms with Gasteiger partial charge in [0, 0.05) is 0 Å². The Labute approximate surface area is 128 Å². The number of benzene rings is 1. The SMILES string of the molecule is COC(=O)C(NS(=O)(=O)c1cccc(Cl)c1Cl)C(C)C. The number of carbonyl (C=O) groups is 1. The van der Waals surface area contributed by atoms with Crippen LogP contribution in [-0.4, -0.2) is 27.5 Å². The van der Waals surface area contributed by atoms with Gasteiger partial charge >= 0.3 is 5.97 Å². The number of carbonyl (C=O) groups excluding carboxylic acids is 1. The van der Waals surface area contributed by atoms with E-state index in [-0.39, 0.29) is 20.9 Å². The number of esters is 1. The molecule has 5 nitrogen and oxygen atoms in total. The predicted octanol–water partition coefficient (Wildman–Crippen LogP) is 2.47. The average molecular weight is 340 g/mol. The highest BCUT2D eigenvalue weighted by Gasteiger charge is 2.30. The summed E-state index contributed by atoms with van der Waals surface area (Å²) >= 11 is 11.7. The number of rotatable bonds is 5. The quantitative estimate of drug-likeness (QED) is 0.836. The predicted molar refractivity (Wildman–Crippen MR) is 77.4 cm³/mol. The maximum atomic E-state index is 12.3.